The number of carbonyl (C=O) groups excluding carboxylic acids is 1. The zero-order valence-corrected chi connectivity index (χ0v) is 27.6. The Balaban J connectivity index is 1.22. The fourth-order valence-corrected chi connectivity index (χ4v) is 5.52. The van der Waals surface area contributed by atoms with Crippen molar-refractivity contribution < 1.29 is 42.8 Å². The number of aliphatic hydroxyl groups is 2. The number of hydrogen-bond acceptors (Lipinski definition) is 10. The van der Waals surface area contributed by atoms with Gasteiger partial charge < -0.3 is 34.9 Å². The van der Waals surface area contributed by atoms with Gasteiger partial charge in [-0.2, -0.15) is 0 Å². The van der Waals surface area contributed by atoms with E-state index in [2.05, 4.69) is 5.32 Å². The van der Waals surface area contributed by atoms with Crippen molar-refractivity contribution in [3.8, 4) is 11.5 Å². The normalized spacial score (nSPS) is 12.3. The van der Waals surface area contributed by atoms with Crippen LogP contribution in [0.15, 0.2) is 77.7 Å². The molecule has 256 valence electrons. The fraction of sp³-hybridized carbons (Fsp3) is 0.400. The van der Waals surface area contributed by atoms with Gasteiger partial charge in [-0.05, 0) is 103 Å². The Labute approximate surface area is 277 Å². The topological polar surface area (TPSA) is 164 Å². The molecule has 0 bridgehead atoms. The Morgan fingerprint density at radius 1 is 0.936 bits per heavy atom. The van der Waals surface area contributed by atoms with Crippen molar-refractivity contribution in [2.24, 2.45) is 0 Å². The first kappa shape index (κ1) is 37.7. The summed E-state index contributed by atoms with van der Waals surface area (Å²) in [6.45, 7) is 2.23. The molecule has 47 heavy (non-hydrogen) atoms. The predicted octanol–water partition coefficient (Wildman–Crippen LogP) is 4.57. The van der Waals surface area contributed by atoms with E-state index >= 15 is 0 Å². The largest absolute Gasteiger partial charge is 0.508 e. The first-order valence-electron chi connectivity index (χ1n) is 15.7. The number of nitrogens with one attached hydrogen (secondary N) is 2. The van der Waals surface area contributed by atoms with Crippen molar-refractivity contribution in [3.05, 3.63) is 95.1 Å². The number of aliphatic hydroxyl groups excluding tert-OH is 2. The van der Waals surface area contributed by atoms with Crippen LogP contribution in [0.1, 0.15) is 66.9 Å². The van der Waals surface area contributed by atoms with Crippen LogP contribution in [0.5, 0.6) is 11.5 Å². The minimum Gasteiger partial charge on any atom is -0.508 e. The highest BCUT2D eigenvalue weighted by molar-refractivity contribution is 7.89. The van der Waals surface area contributed by atoms with E-state index in [1.165, 1.54) is 18.2 Å². The zero-order chi connectivity index (χ0) is 33.9. The molecule has 0 aliphatic carbocycles. The van der Waals surface area contributed by atoms with Crippen LogP contribution in [0.25, 0.3) is 6.08 Å². The van der Waals surface area contributed by atoms with E-state index in [0.29, 0.717) is 43.1 Å². The summed E-state index contributed by atoms with van der Waals surface area (Å²) in [6, 6.07) is 18.3. The smallest absolute Gasteiger partial charge is 0.350 e. The number of rotatable bonds is 22. The Bertz CT molecular complexity index is 1510. The van der Waals surface area contributed by atoms with Gasteiger partial charge in [-0.25, -0.2) is 13.2 Å². The molecular formula is C35H46N2O9S. The number of sulfonamides is 1. The van der Waals surface area contributed by atoms with Crippen LogP contribution in [0, 0.1) is 0 Å². The molecule has 0 spiro atoms. The van der Waals surface area contributed by atoms with Crippen LogP contribution in [0.2, 0.25) is 0 Å². The van der Waals surface area contributed by atoms with Gasteiger partial charge in [0.2, 0.25) is 0 Å². The van der Waals surface area contributed by atoms with E-state index in [-0.39, 0.29) is 17.3 Å². The maximum Gasteiger partial charge on any atom is 0.350 e. The van der Waals surface area contributed by atoms with Crippen molar-refractivity contribution >= 4 is 22.1 Å². The number of aromatic hydroxyl groups is 1. The highest BCUT2D eigenvalue weighted by Crippen LogP contribution is 2.22. The number of phenols is 1. The average Bonchev–Trinajstić information content (AvgIpc) is 3.09. The molecule has 0 saturated heterocycles. The quantitative estimate of drug-likeness (QED) is 0.0582. The van der Waals surface area contributed by atoms with Crippen molar-refractivity contribution in [2.75, 3.05) is 33.4 Å². The summed E-state index contributed by atoms with van der Waals surface area (Å²) in [5.74, 6) is -0.153. The van der Waals surface area contributed by atoms with E-state index in [4.69, 9.17) is 14.3 Å². The molecule has 0 saturated carbocycles. The van der Waals surface area contributed by atoms with Crippen LogP contribution in [-0.2, 0) is 37.4 Å². The lowest BCUT2D eigenvalue weighted by Gasteiger charge is -2.14. The number of aryl methyl sites for hydroxylation is 1. The van der Waals surface area contributed by atoms with Gasteiger partial charge in [0, 0.05) is 31.4 Å². The third-order valence-electron chi connectivity index (χ3n) is 7.38. The third-order valence-corrected chi connectivity index (χ3v) is 8.56. The molecule has 3 aromatic rings. The zero-order valence-electron chi connectivity index (χ0n) is 26.8. The summed E-state index contributed by atoms with van der Waals surface area (Å²) in [5.41, 5.74) is 2.64. The molecule has 0 fully saturated rings. The van der Waals surface area contributed by atoms with E-state index in [1.54, 1.807) is 55.6 Å². The minimum absolute atomic E-state index is 0.0125. The second-order valence-corrected chi connectivity index (χ2v) is 12.7. The van der Waals surface area contributed by atoms with Gasteiger partial charge in [-0.3, -0.25) is 0 Å². The van der Waals surface area contributed by atoms with Crippen molar-refractivity contribution in [1.82, 2.24) is 10.2 Å². The molecule has 0 radical (unpaired) electrons. The van der Waals surface area contributed by atoms with Crippen molar-refractivity contribution in [1.29, 1.82) is 0 Å². The average molecular weight is 671 g/mol. The van der Waals surface area contributed by atoms with Crippen LogP contribution in [-0.4, -0.2) is 63.1 Å². The minimum atomic E-state index is -4.04. The molecule has 0 aliphatic rings. The van der Waals surface area contributed by atoms with Crippen molar-refractivity contribution in [3.63, 3.8) is 0 Å². The summed E-state index contributed by atoms with van der Waals surface area (Å²) in [7, 11) is -2.49. The van der Waals surface area contributed by atoms with E-state index in [1.807, 2.05) is 11.0 Å². The number of methoxy groups -OCH3 is 1. The fourth-order valence-electron chi connectivity index (χ4n) is 4.66. The van der Waals surface area contributed by atoms with Crippen LogP contribution >= 0.6 is 0 Å². The first-order chi connectivity index (χ1) is 22.7. The molecule has 3 rings (SSSR count). The number of benzene rings is 3. The molecule has 11 nitrogen and oxygen atoms in total. The predicted molar refractivity (Wildman–Crippen MR) is 179 cm³/mol. The van der Waals surface area contributed by atoms with Gasteiger partial charge in [0.05, 0.1) is 24.7 Å². The van der Waals surface area contributed by atoms with E-state index in [9.17, 15) is 28.5 Å². The van der Waals surface area contributed by atoms with Crippen LogP contribution in [0.4, 0.5) is 0 Å². The number of ether oxygens (including phenoxy) is 2. The summed E-state index contributed by atoms with van der Waals surface area (Å²) in [5, 5.41) is 32.4. The van der Waals surface area contributed by atoms with Crippen LogP contribution < -0.4 is 14.9 Å². The number of hydrogen-bond donors (Lipinski definition) is 5. The van der Waals surface area contributed by atoms with Gasteiger partial charge >= 0.3 is 5.97 Å². The summed E-state index contributed by atoms with van der Waals surface area (Å²) >= 11 is 0. The molecule has 12 heteroatoms. The molecule has 0 aromatic heterocycles. The summed E-state index contributed by atoms with van der Waals surface area (Å²) in [4.78, 5) is 18.7. The molecule has 3 aromatic carbocycles. The molecule has 0 amide bonds. The van der Waals surface area contributed by atoms with Gasteiger partial charge in [0.15, 0.2) is 0 Å². The Morgan fingerprint density at radius 3 is 2.43 bits per heavy atom. The molecule has 0 unspecified atom stereocenters. The number of carbonyl (C=O) groups is 1. The monoisotopic (exact) mass is 670 g/mol. The standard InChI is InChI=1S/C35H46N2O9S/c1-44-31-16-12-27(13-17-31)14-19-35(41)46-37-47(42,43)32-11-8-10-28(23-32)9-4-7-22-45-21-6-3-2-5-20-36-25-34(40)29-15-18-33(39)30(24-29)26-38/h8,10-19,23-24,34,36-40H,2-7,9,20-22,25-26H2,1H3/b19-14+/t34-/m1/s1. The summed E-state index contributed by atoms with van der Waals surface area (Å²) in [6.07, 6.45) is 8.35. The Morgan fingerprint density at radius 2 is 1.68 bits per heavy atom. The van der Waals surface area contributed by atoms with E-state index in [0.717, 1.165) is 62.3 Å². The van der Waals surface area contributed by atoms with Gasteiger partial charge in [0.1, 0.15) is 11.5 Å². The second kappa shape index (κ2) is 20.5. The van der Waals surface area contributed by atoms with Crippen molar-refractivity contribution in [2.45, 2.75) is 62.6 Å². The lowest BCUT2D eigenvalue weighted by atomic mass is 10.1. The Kier molecular flexibility index (Phi) is 16.4. The SMILES string of the molecule is COc1ccc(/C=C/C(=O)ONS(=O)(=O)c2cccc(CCCCOCCCCCCNC[C@@H](O)c3ccc(O)c(CO)c3)c2)cc1. The maximum absolute atomic E-state index is 12.6. The summed E-state index contributed by atoms with van der Waals surface area (Å²) < 4.78 is 36.1. The second-order valence-electron chi connectivity index (χ2n) is 11.0. The maximum atomic E-state index is 12.6. The lowest BCUT2D eigenvalue weighted by Crippen LogP contribution is -2.26. The Hall–Kier alpha value is -3.78. The molecule has 0 heterocycles. The highest BCUT2D eigenvalue weighted by atomic mass is 32.2. The molecule has 1 atom stereocenters. The van der Waals surface area contributed by atoms with Crippen LogP contribution in [0.3, 0.4) is 0 Å². The van der Waals surface area contributed by atoms with Gasteiger partial charge in [-0.15, -0.1) is 0 Å². The number of unbranched alkanes of at least 4 members (excludes halogenated alkanes) is 4. The van der Waals surface area contributed by atoms with E-state index < -0.39 is 22.1 Å². The molecule has 0 aliphatic heterocycles. The van der Waals surface area contributed by atoms with Gasteiger partial charge in [-0.1, -0.05) is 43.2 Å². The van der Waals surface area contributed by atoms with Gasteiger partial charge in [0.25, 0.3) is 10.0 Å². The lowest BCUT2D eigenvalue weighted by molar-refractivity contribution is -0.141. The molecule has 5 N–H and O–H groups in total. The first-order valence-corrected chi connectivity index (χ1v) is 17.2. The third kappa shape index (κ3) is 13.9. The highest BCUT2D eigenvalue weighted by Gasteiger charge is 2.16. The molecular weight excluding hydrogens is 624 g/mol.